The van der Waals surface area contributed by atoms with Crippen molar-refractivity contribution in [1.29, 1.82) is 0 Å². The summed E-state index contributed by atoms with van der Waals surface area (Å²) in [5.41, 5.74) is 1.22. The lowest BCUT2D eigenvalue weighted by Gasteiger charge is -2.11. The van der Waals surface area contributed by atoms with E-state index in [1.807, 2.05) is 24.3 Å². The molecule has 146 valence electrons. The number of aromatic carboxylic acids is 1. The Labute approximate surface area is 167 Å². The van der Waals surface area contributed by atoms with Gasteiger partial charge in [-0.15, -0.1) is 0 Å². The van der Waals surface area contributed by atoms with Crippen LogP contribution >= 0.6 is 0 Å². The normalized spacial score (nSPS) is 10.2. The number of rotatable bonds is 7. The lowest BCUT2D eigenvalue weighted by atomic mass is 10.0. The lowest BCUT2D eigenvalue weighted by molar-refractivity contribution is 0.0425. The maximum absolute atomic E-state index is 12.6. The molecule has 6 nitrogen and oxygen atoms in total. The SMILES string of the molecule is O=C(O)c1ccc(C(=O)OCc2ccccc2)c(C(=O)OCc2ccccc2)c1. The molecule has 0 saturated heterocycles. The summed E-state index contributed by atoms with van der Waals surface area (Å²) in [6.07, 6.45) is 0. The maximum atomic E-state index is 12.6. The Hall–Kier alpha value is -3.93. The minimum atomic E-state index is -1.22. The van der Waals surface area contributed by atoms with Crippen LogP contribution in [0.4, 0.5) is 0 Å². The predicted molar refractivity (Wildman–Crippen MR) is 105 cm³/mol. The van der Waals surface area contributed by atoms with Crippen molar-refractivity contribution in [2.45, 2.75) is 13.2 Å². The fraction of sp³-hybridized carbons (Fsp3) is 0.0870. The number of carbonyl (C=O) groups excluding carboxylic acids is 2. The summed E-state index contributed by atoms with van der Waals surface area (Å²) in [4.78, 5) is 36.4. The second-order valence-electron chi connectivity index (χ2n) is 6.19. The van der Waals surface area contributed by atoms with Crippen LogP contribution in [0.15, 0.2) is 78.9 Å². The molecular formula is C23H18O6. The summed E-state index contributed by atoms with van der Waals surface area (Å²) in [6, 6.07) is 21.7. The van der Waals surface area contributed by atoms with E-state index in [2.05, 4.69) is 0 Å². The third kappa shape index (κ3) is 5.29. The maximum Gasteiger partial charge on any atom is 0.339 e. The number of ether oxygens (including phenoxy) is 2. The number of hydrogen-bond acceptors (Lipinski definition) is 5. The smallest absolute Gasteiger partial charge is 0.339 e. The fourth-order valence-corrected chi connectivity index (χ4v) is 2.63. The molecule has 0 fully saturated rings. The molecule has 0 aliphatic rings. The van der Waals surface area contributed by atoms with Gasteiger partial charge in [0.05, 0.1) is 16.7 Å². The van der Waals surface area contributed by atoms with E-state index >= 15 is 0 Å². The second-order valence-corrected chi connectivity index (χ2v) is 6.19. The van der Waals surface area contributed by atoms with E-state index in [-0.39, 0.29) is 29.9 Å². The first-order valence-corrected chi connectivity index (χ1v) is 8.84. The van der Waals surface area contributed by atoms with E-state index in [1.54, 1.807) is 36.4 Å². The summed E-state index contributed by atoms with van der Waals surface area (Å²) < 4.78 is 10.5. The summed E-state index contributed by atoms with van der Waals surface area (Å²) in [7, 11) is 0. The van der Waals surface area contributed by atoms with Gasteiger partial charge in [0.25, 0.3) is 0 Å². The summed E-state index contributed by atoms with van der Waals surface area (Å²) in [6.45, 7) is 0.0222. The van der Waals surface area contributed by atoms with Crippen molar-refractivity contribution in [3.63, 3.8) is 0 Å². The molecule has 0 spiro atoms. The van der Waals surface area contributed by atoms with Crippen LogP contribution < -0.4 is 0 Å². The Bertz CT molecular complexity index is 1010. The third-order valence-electron chi connectivity index (χ3n) is 4.13. The van der Waals surface area contributed by atoms with Gasteiger partial charge in [-0.3, -0.25) is 0 Å². The van der Waals surface area contributed by atoms with Gasteiger partial charge in [-0.25, -0.2) is 14.4 Å². The van der Waals surface area contributed by atoms with Crippen LogP contribution in [0, 0.1) is 0 Å². The van der Waals surface area contributed by atoms with E-state index in [0.717, 1.165) is 17.2 Å². The molecule has 0 aliphatic heterocycles. The van der Waals surface area contributed by atoms with Crippen molar-refractivity contribution >= 4 is 17.9 Å². The first-order chi connectivity index (χ1) is 14.0. The van der Waals surface area contributed by atoms with E-state index < -0.39 is 17.9 Å². The molecule has 3 aromatic carbocycles. The molecule has 0 atom stereocenters. The molecule has 0 unspecified atom stereocenters. The number of carboxylic acid groups (broad SMARTS) is 1. The minimum absolute atomic E-state index is 0.00449. The van der Waals surface area contributed by atoms with Gasteiger partial charge in [0.2, 0.25) is 0 Å². The Morgan fingerprint density at radius 1 is 0.655 bits per heavy atom. The van der Waals surface area contributed by atoms with Gasteiger partial charge >= 0.3 is 17.9 Å². The van der Waals surface area contributed by atoms with E-state index in [0.29, 0.717) is 0 Å². The van der Waals surface area contributed by atoms with Crippen molar-refractivity contribution in [2.24, 2.45) is 0 Å². The zero-order chi connectivity index (χ0) is 20.6. The molecule has 1 N–H and O–H groups in total. The van der Waals surface area contributed by atoms with Gasteiger partial charge in [0.1, 0.15) is 13.2 Å². The van der Waals surface area contributed by atoms with E-state index in [1.165, 1.54) is 12.1 Å². The number of esters is 2. The largest absolute Gasteiger partial charge is 0.478 e. The standard InChI is InChI=1S/C23H18O6/c24-21(25)18-11-12-19(22(26)28-14-16-7-3-1-4-8-16)20(13-18)23(27)29-15-17-9-5-2-6-10-17/h1-13H,14-15H2,(H,24,25). The third-order valence-corrected chi connectivity index (χ3v) is 4.13. The fourth-order valence-electron chi connectivity index (χ4n) is 2.63. The highest BCUT2D eigenvalue weighted by Gasteiger charge is 2.22. The average molecular weight is 390 g/mol. The van der Waals surface area contributed by atoms with Crippen LogP contribution in [0.2, 0.25) is 0 Å². The zero-order valence-electron chi connectivity index (χ0n) is 15.4. The zero-order valence-corrected chi connectivity index (χ0v) is 15.4. The summed E-state index contributed by atoms with van der Waals surface area (Å²) in [5.74, 6) is -2.76. The van der Waals surface area contributed by atoms with Crippen LogP contribution in [0.5, 0.6) is 0 Å². The molecule has 0 aromatic heterocycles. The van der Waals surface area contributed by atoms with Crippen LogP contribution in [-0.2, 0) is 22.7 Å². The number of carboxylic acids is 1. The first kappa shape index (κ1) is 19.8. The van der Waals surface area contributed by atoms with Crippen molar-refractivity contribution in [1.82, 2.24) is 0 Å². The van der Waals surface area contributed by atoms with Crippen molar-refractivity contribution in [2.75, 3.05) is 0 Å². The molecule has 3 rings (SSSR count). The molecule has 29 heavy (non-hydrogen) atoms. The summed E-state index contributed by atoms with van der Waals surface area (Å²) in [5, 5.41) is 9.21. The molecule has 0 radical (unpaired) electrons. The molecule has 3 aromatic rings. The predicted octanol–water partition coefficient (Wildman–Crippen LogP) is 4.10. The second kappa shape index (κ2) is 9.32. The van der Waals surface area contributed by atoms with Crippen LogP contribution in [-0.4, -0.2) is 23.0 Å². The number of benzene rings is 3. The molecular weight excluding hydrogens is 372 g/mol. The molecule has 0 bridgehead atoms. The molecule has 0 aliphatic carbocycles. The van der Waals surface area contributed by atoms with E-state index in [4.69, 9.17) is 9.47 Å². The highest BCUT2D eigenvalue weighted by Crippen LogP contribution is 2.17. The van der Waals surface area contributed by atoms with Crippen LogP contribution in [0.1, 0.15) is 42.2 Å². The van der Waals surface area contributed by atoms with Crippen molar-refractivity contribution in [3.05, 3.63) is 107 Å². The lowest BCUT2D eigenvalue weighted by Crippen LogP contribution is -2.15. The van der Waals surface area contributed by atoms with Crippen molar-refractivity contribution in [3.8, 4) is 0 Å². The van der Waals surface area contributed by atoms with Crippen molar-refractivity contribution < 1.29 is 29.0 Å². The van der Waals surface area contributed by atoms with Crippen LogP contribution in [0.25, 0.3) is 0 Å². The highest BCUT2D eigenvalue weighted by atomic mass is 16.5. The van der Waals surface area contributed by atoms with Gasteiger partial charge in [-0.2, -0.15) is 0 Å². The Morgan fingerprint density at radius 3 is 1.62 bits per heavy atom. The molecule has 0 heterocycles. The van der Waals surface area contributed by atoms with Crippen LogP contribution in [0.3, 0.4) is 0 Å². The molecule has 0 saturated carbocycles. The van der Waals surface area contributed by atoms with Gasteiger partial charge in [-0.05, 0) is 29.3 Å². The first-order valence-electron chi connectivity index (χ1n) is 8.84. The Morgan fingerprint density at radius 2 is 1.14 bits per heavy atom. The Balaban J connectivity index is 1.79. The topological polar surface area (TPSA) is 89.9 Å². The molecule has 6 heteroatoms. The van der Waals surface area contributed by atoms with Gasteiger partial charge in [0, 0.05) is 0 Å². The number of hydrogen-bond donors (Lipinski definition) is 1. The van der Waals surface area contributed by atoms with Gasteiger partial charge in [-0.1, -0.05) is 60.7 Å². The Kier molecular flexibility index (Phi) is 6.37. The van der Waals surface area contributed by atoms with Gasteiger partial charge in [0.15, 0.2) is 0 Å². The van der Waals surface area contributed by atoms with Gasteiger partial charge < -0.3 is 14.6 Å². The monoisotopic (exact) mass is 390 g/mol. The quantitative estimate of drug-likeness (QED) is 0.611. The van der Waals surface area contributed by atoms with E-state index in [9.17, 15) is 19.5 Å². The minimum Gasteiger partial charge on any atom is -0.478 e. The average Bonchev–Trinajstić information content (AvgIpc) is 2.76. The molecule has 0 amide bonds. The summed E-state index contributed by atoms with van der Waals surface area (Å²) >= 11 is 0. The number of carbonyl (C=O) groups is 3. The highest BCUT2D eigenvalue weighted by molar-refractivity contribution is 6.05.